The molecule has 0 radical (unpaired) electrons. The largest absolute Gasteiger partial charge is 0.392 e. The van der Waals surface area contributed by atoms with Crippen molar-refractivity contribution in [2.45, 2.75) is 17.7 Å². The van der Waals surface area contributed by atoms with E-state index in [2.05, 4.69) is 10.0 Å². The lowest BCUT2D eigenvalue weighted by molar-refractivity contribution is 0.0423. The maximum Gasteiger partial charge on any atom is 0.144 e. The van der Waals surface area contributed by atoms with Crippen molar-refractivity contribution < 1.29 is 14.4 Å². The van der Waals surface area contributed by atoms with Gasteiger partial charge in [0.15, 0.2) is 0 Å². The van der Waals surface area contributed by atoms with E-state index in [1.54, 1.807) is 0 Å². The van der Waals surface area contributed by atoms with E-state index >= 15 is 0 Å². The van der Waals surface area contributed by atoms with Gasteiger partial charge < -0.3 is 14.4 Å². The van der Waals surface area contributed by atoms with Gasteiger partial charge in [0.1, 0.15) is 19.1 Å². The molecule has 1 fully saturated rings. The van der Waals surface area contributed by atoms with Crippen LogP contribution in [0.2, 0.25) is 0 Å². The zero-order valence-electron chi connectivity index (χ0n) is 17.0. The minimum absolute atomic E-state index is 0.0276. The smallest absolute Gasteiger partial charge is 0.144 e. The third-order valence-electron chi connectivity index (χ3n) is 5.74. The van der Waals surface area contributed by atoms with Gasteiger partial charge in [0.05, 0.1) is 12.1 Å². The van der Waals surface area contributed by atoms with Crippen LogP contribution in [0.25, 0.3) is 10.4 Å². The maximum absolute atomic E-state index is 13.6. The van der Waals surface area contributed by atoms with E-state index in [-0.39, 0.29) is 18.7 Å². The van der Waals surface area contributed by atoms with Gasteiger partial charge in [-0.2, -0.15) is 0 Å². The number of nitrogens with zero attached hydrogens (tertiary/aromatic N) is 3. The van der Waals surface area contributed by atoms with Gasteiger partial charge >= 0.3 is 0 Å². The standard InChI is InChI=1S/C24H24N3O3P/c25-27-26-22-16-31(29,17-23(22)28)18-30-24(19-10-4-1-5-11-19,20-12-6-2-7-13-20)21-14-8-3-9-15-21/h1-15,22-23,28H,16-18H2/t22-,23-,31-/m0/s1. The Labute approximate surface area is 181 Å². The summed E-state index contributed by atoms with van der Waals surface area (Å²) in [5.74, 6) is 0. The van der Waals surface area contributed by atoms with Crippen LogP contribution in [0.1, 0.15) is 16.7 Å². The minimum atomic E-state index is -2.91. The van der Waals surface area contributed by atoms with Crippen LogP contribution in [-0.2, 0) is 14.9 Å². The Morgan fingerprint density at radius 3 is 1.77 bits per heavy atom. The summed E-state index contributed by atoms with van der Waals surface area (Å²) >= 11 is 0. The number of hydrogen-bond acceptors (Lipinski definition) is 4. The summed E-state index contributed by atoms with van der Waals surface area (Å²) in [6.45, 7) is 0. The lowest BCUT2D eigenvalue weighted by Gasteiger charge is -2.36. The second-order valence-corrected chi connectivity index (χ2v) is 10.9. The minimum Gasteiger partial charge on any atom is -0.392 e. The Kier molecular flexibility index (Phi) is 6.26. The Balaban J connectivity index is 1.80. The third kappa shape index (κ3) is 4.30. The van der Waals surface area contributed by atoms with Crippen LogP contribution < -0.4 is 0 Å². The van der Waals surface area contributed by atoms with Crippen molar-refractivity contribution in [3.05, 3.63) is 118 Å². The number of hydrogen-bond donors (Lipinski definition) is 1. The summed E-state index contributed by atoms with van der Waals surface area (Å²) in [6.07, 6.45) is -0.706. The van der Waals surface area contributed by atoms with Gasteiger partial charge in [0.2, 0.25) is 0 Å². The molecule has 1 N–H and O–H groups in total. The highest BCUT2D eigenvalue weighted by molar-refractivity contribution is 7.64. The van der Waals surface area contributed by atoms with Crippen molar-refractivity contribution in [1.82, 2.24) is 0 Å². The molecule has 1 aliphatic heterocycles. The molecule has 3 atom stereocenters. The molecule has 3 aromatic rings. The fourth-order valence-corrected chi connectivity index (χ4v) is 6.98. The van der Waals surface area contributed by atoms with Crippen molar-refractivity contribution in [2.75, 3.05) is 18.7 Å². The van der Waals surface area contributed by atoms with E-state index < -0.39 is 24.9 Å². The summed E-state index contributed by atoms with van der Waals surface area (Å²) in [4.78, 5) is 2.79. The van der Waals surface area contributed by atoms with Crippen molar-refractivity contribution in [3.63, 3.8) is 0 Å². The summed E-state index contributed by atoms with van der Waals surface area (Å²) in [5.41, 5.74) is 10.5. The molecule has 4 rings (SSSR count). The van der Waals surface area contributed by atoms with Crippen LogP contribution in [0, 0.1) is 0 Å². The molecule has 0 saturated carbocycles. The topological polar surface area (TPSA) is 95.3 Å². The molecule has 3 aromatic carbocycles. The van der Waals surface area contributed by atoms with Crippen LogP contribution >= 0.6 is 7.14 Å². The van der Waals surface area contributed by atoms with E-state index in [1.165, 1.54) is 0 Å². The predicted octanol–water partition coefficient (Wildman–Crippen LogP) is 5.37. The molecule has 31 heavy (non-hydrogen) atoms. The zero-order chi connectivity index (χ0) is 21.7. The molecule has 0 aliphatic carbocycles. The van der Waals surface area contributed by atoms with Crippen LogP contribution in [0.3, 0.4) is 0 Å². The van der Waals surface area contributed by atoms with E-state index in [0.717, 1.165) is 16.7 Å². The van der Waals surface area contributed by atoms with Crippen LogP contribution in [-0.4, -0.2) is 35.9 Å². The van der Waals surface area contributed by atoms with Gasteiger partial charge in [0.25, 0.3) is 0 Å². The fourth-order valence-electron chi connectivity index (χ4n) is 4.27. The zero-order valence-corrected chi connectivity index (χ0v) is 17.9. The highest BCUT2D eigenvalue weighted by Crippen LogP contribution is 2.55. The molecule has 0 unspecified atom stereocenters. The molecule has 7 heteroatoms. The van der Waals surface area contributed by atoms with Crippen molar-refractivity contribution in [2.24, 2.45) is 5.11 Å². The van der Waals surface area contributed by atoms with E-state index in [0.29, 0.717) is 0 Å². The number of ether oxygens (including phenoxy) is 1. The van der Waals surface area contributed by atoms with Crippen molar-refractivity contribution in [3.8, 4) is 0 Å². The average molecular weight is 433 g/mol. The number of rotatable bonds is 7. The Morgan fingerprint density at radius 1 is 0.903 bits per heavy atom. The number of benzene rings is 3. The first-order chi connectivity index (χ1) is 15.1. The summed E-state index contributed by atoms with van der Waals surface area (Å²) in [6, 6.07) is 28.9. The summed E-state index contributed by atoms with van der Waals surface area (Å²) < 4.78 is 20.2. The first kappa shape index (κ1) is 21.4. The highest BCUT2D eigenvalue weighted by Gasteiger charge is 2.44. The van der Waals surface area contributed by atoms with E-state index in [9.17, 15) is 9.67 Å². The van der Waals surface area contributed by atoms with E-state index in [1.807, 2.05) is 91.0 Å². The Hall–Kier alpha value is -2.88. The summed E-state index contributed by atoms with van der Waals surface area (Å²) in [7, 11) is -2.91. The molecule has 1 saturated heterocycles. The van der Waals surface area contributed by atoms with Crippen molar-refractivity contribution >= 4 is 7.14 Å². The molecule has 0 bridgehead atoms. The highest BCUT2D eigenvalue weighted by atomic mass is 31.2. The maximum atomic E-state index is 13.6. The first-order valence-corrected chi connectivity index (χ1v) is 12.4. The molecule has 1 aliphatic rings. The molecule has 6 nitrogen and oxygen atoms in total. The van der Waals surface area contributed by atoms with Crippen LogP contribution in [0.4, 0.5) is 0 Å². The van der Waals surface area contributed by atoms with Gasteiger partial charge in [-0.3, -0.25) is 0 Å². The number of aliphatic hydroxyl groups is 1. The second-order valence-electron chi connectivity index (χ2n) is 7.82. The molecule has 1 heterocycles. The first-order valence-electron chi connectivity index (χ1n) is 10.2. The van der Waals surface area contributed by atoms with Gasteiger partial charge in [-0.25, -0.2) is 0 Å². The van der Waals surface area contributed by atoms with Gasteiger partial charge in [0, 0.05) is 17.2 Å². The molecule has 158 valence electrons. The molecule has 0 aromatic heterocycles. The second kappa shape index (κ2) is 9.09. The third-order valence-corrected chi connectivity index (χ3v) is 8.42. The van der Waals surface area contributed by atoms with Crippen LogP contribution in [0.5, 0.6) is 0 Å². The number of aliphatic hydroxyl groups excluding tert-OH is 1. The molecular formula is C24H24N3O3P. The molecule has 0 spiro atoms. The summed E-state index contributed by atoms with van der Waals surface area (Å²) in [5, 5.41) is 13.9. The Bertz CT molecular complexity index is 1010. The quantitative estimate of drug-likeness (QED) is 0.178. The fraction of sp³-hybridized carbons (Fsp3) is 0.250. The lowest BCUT2D eigenvalue weighted by Crippen LogP contribution is -2.33. The molecular weight excluding hydrogens is 409 g/mol. The monoisotopic (exact) mass is 433 g/mol. The number of azide groups is 1. The van der Waals surface area contributed by atoms with Crippen LogP contribution in [0.15, 0.2) is 96.1 Å². The Morgan fingerprint density at radius 2 is 1.35 bits per heavy atom. The van der Waals surface area contributed by atoms with Crippen molar-refractivity contribution in [1.29, 1.82) is 0 Å². The lowest BCUT2D eigenvalue weighted by atomic mass is 9.80. The SMILES string of the molecule is [N-]=[N+]=N[C@H]1C[P@@](=O)(COC(c2ccccc2)(c2ccccc2)c2ccccc2)C[C@@H]1O. The van der Waals surface area contributed by atoms with Gasteiger partial charge in [-0.1, -0.05) is 96.1 Å². The molecule has 0 amide bonds. The normalized spacial score (nSPS) is 23.3. The average Bonchev–Trinajstić information content (AvgIpc) is 3.10. The predicted molar refractivity (Wildman–Crippen MR) is 121 cm³/mol. The van der Waals surface area contributed by atoms with Gasteiger partial charge in [-0.05, 0) is 22.2 Å². The van der Waals surface area contributed by atoms with Gasteiger partial charge in [-0.15, -0.1) is 0 Å². The van der Waals surface area contributed by atoms with E-state index in [4.69, 9.17) is 10.3 Å².